The molecule has 198 valence electrons. The van der Waals surface area contributed by atoms with Crippen LogP contribution in [-0.4, -0.2) is 40.0 Å². The molecule has 1 unspecified atom stereocenters. The monoisotopic (exact) mass is 550 g/mol. The first-order valence-electron chi connectivity index (χ1n) is 11.4. The van der Waals surface area contributed by atoms with E-state index in [9.17, 15) is 19.1 Å². The predicted molar refractivity (Wildman–Crippen MR) is 141 cm³/mol. The molecule has 5 rings (SSSR count). The second kappa shape index (κ2) is 10.4. The molecule has 0 saturated carbocycles. The Kier molecular flexibility index (Phi) is 6.86. The van der Waals surface area contributed by atoms with Crippen LogP contribution in [0.5, 0.6) is 5.75 Å². The SMILES string of the molecule is COc1ccc(C2N=C(Nc3nc4ccc(F)cc4o3)NC(C)=C2C(=O)Nc2cc(C(=O)O)ccn2)c(Cl)c1. The maximum absolute atomic E-state index is 13.6. The van der Waals surface area contributed by atoms with Gasteiger partial charge in [-0.2, -0.15) is 4.98 Å². The van der Waals surface area contributed by atoms with Gasteiger partial charge >= 0.3 is 12.0 Å². The molecule has 1 aliphatic heterocycles. The van der Waals surface area contributed by atoms with Crippen molar-refractivity contribution in [1.82, 2.24) is 15.3 Å². The highest BCUT2D eigenvalue weighted by atomic mass is 35.5. The number of benzene rings is 2. The van der Waals surface area contributed by atoms with E-state index in [1.807, 2.05) is 0 Å². The maximum atomic E-state index is 13.6. The minimum absolute atomic E-state index is 0.0368. The van der Waals surface area contributed by atoms with Gasteiger partial charge in [0.05, 0.1) is 18.2 Å². The number of carboxylic acid groups (broad SMARTS) is 1. The summed E-state index contributed by atoms with van der Waals surface area (Å²) in [5.41, 5.74) is 1.76. The molecule has 1 atom stereocenters. The van der Waals surface area contributed by atoms with Crippen molar-refractivity contribution in [3.05, 3.63) is 88.0 Å². The Morgan fingerprint density at radius 1 is 1.18 bits per heavy atom. The van der Waals surface area contributed by atoms with E-state index < -0.39 is 23.7 Å². The molecule has 2 aromatic heterocycles. The third-order valence-corrected chi connectivity index (χ3v) is 6.14. The minimum atomic E-state index is -1.16. The van der Waals surface area contributed by atoms with Crippen LogP contribution < -0.4 is 20.7 Å². The van der Waals surface area contributed by atoms with Gasteiger partial charge in [-0.25, -0.2) is 19.2 Å². The number of halogens is 2. The van der Waals surface area contributed by atoms with Crippen molar-refractivity contribution in [2.45, 2.75) is 13.0 Å². The number of pyridine rings is 1. The number of carboxylic acids is 1. The molecule has 0 aliphatic carbocycles. The van der Waals surface area contributed by atoms with Gasteiger partial charge < -0.3 is 24.9 Å². The number of carbonyl (C=O) groups excluding carboxylic acids is 1. The fourth-order valence-corrected chi connectivity index (χ4v) is 4.26. The molecular weight excluding hydrogens is 531 g/mol. The smallest absolute Gasteiger partial charge is 0.335 e. The number of carbonyl (C=O) groups is 2. The van der Waals surface area contributed by atoms with Crippen molar-refractivity contribution < 1.29 is 28.2 Å². The van der Waals surface area contributed by atoms with Crippen LogP contribution in [0.3, 0.4) is 0 Å². The fraction of sp³-hybridized carbons (Fsp3) is 0.115. The molecule has 3 heterocycles. The molecular formula is C26H20ClFN6O5. The zero-order chi connectivity index (χ0) is 27.7. The average molecular weight is 551 g/mol. The number of guanidine groups is 1. The molecule has 13 heteroatoms. The summed E-state index contributed by atoms with van der Waals surface area (Å²) < 4.78 is 24.4. The van der Waals surface area contributed by atoms with Gasteiger partial charge in [0.2, 0.25) is 5.96 Å². The Bertz CT molecular complexity index is 1680. The van der Waals surface area contributed by atoms with Crippen LogP contribution in [-0.2, 0) is 4.79 Å². The zero-order valence-electron chi connectivity index (χ0n) is 20.5. The molecule has 0 saturated heterocycles. The maximum Gasteiger partial charge on any atom is 0.335 e. The highest BCUT2D eigenvalue weighted by molar-refractivity contribution is 6.31. The van der Waals surface area contributed by atoms with E-state index in [0.29, 0.717) is 27.5 Å². The number of amides is 1. The number of anilines is 2. The van der Waals surface area contributed by atoms with Crippen LogP contribution in [0, 0.1) is 5.82 Å². The van der Waals surface area contributed by atoms with Gasteiger partial charge in [-0.1, -0.05) is 17.7 Å². The molecule has 4 aromatic rings. The largest absolute Gasteiger partial charge is 0.497 e. The van der Waals surface area contributed by atoms with E-state index in [4.69, 9.17) is 20.8 Å². The van der Waals surface area contributed by atoms with Crippen molar-refractivity contribution in [3.8, 4) is 5.75 Å². The number of methoxy groups -OCH3 is 1. The van der Waals surface area contributed by atoms with Crippen molar-refractivity contribution >= 4 is 52.4 Å². The molecule has 1 aliphatic rings. The van der Waals surface area contributed by atoms with Crippen LogP contribution >= 0.6 is 11.6 Å². The van der Waals surface area contributed by atoms with Crippen molar-refractivity contribution in [3.63, 3.8) is 0 Å². The Labute approximate surface area is 225 Å². The van der Waals surface area contributed by atoms with Crippen molar-refractivity contribution in [2.75, 3.05) is 17.7 Å². The van der Waals surface area contributed by atoms with Gasteiger partial charge in [-0.15, -0.1) is 0 Å². The number of aliphatic imine (C=N–C) groups is 1. The first-order valence-corrected chi connectivity index (χ1v) is 11.8. The second-order valence-corrected chi connectivity index (χ2v) is 8.78. The van der Waals surface area contributed by atoms with Gasteiger partial charge in [0, 0.05) is 28.5 Å². The Morgan fingerprint density at radius 3 is 2.74 bits per heavy atom. The first-order chi connectivity index (χ1) is 18.7. The van der Waals surface area contributed by atoms with Crippen LogP contribution in [0.15, 0.2) is 75.4 Å². The van der Waals surface area contributed by atoms with E-state index >= 15 is 0 Å². The van der Waals surface area contributed by atoms with Gasteiger partial charge in [0.25, 0.3) is 5.91 Å². The summed E-state index contributed by atoms with van der Waals surface area (Å²) >= 11 is 6.56. The number of ether oxygens (including phenoxy) is 1. The number of oxazole rings is 1. The Balaban J connectivity index is 1.50. The van der Waals surface area contributed by atoms with Crippen LogP contribution in [0.1, 0.15) is 28.9 Å². The molecule has 4 N–H and O–H groups in total. The highest BCUT2D eigenvalue weighted by Gasteiger charge is 2.31. The lowest BCUT2D eigenvalue weighted by atomic mass is 9.95. The number of nitrogens with zero attached hydrogens (tertiary/aromatic N) is 3. The molecule has 1 amide bonds. The van der Waals surface area contributed by atoms with Gasteiger partial charge in [0.1, 0.15) is 28.9 Å². The Morgan fingerprint density at radius 2 is 2.00 bits per heavy atom. The number of fused-ring (bicyclic) bond motifs is 1. The number of aromatic nitrogens is 2. The van der Waals surface area contributed by atoms with Gasteiger partial charge in [0.15, 0.2) is 5.58 Å². The normalized spacial score (nSPS) is 15.0. The summed E-state index contributed by atoms with van der Waals surface area (Å²) in [7, 11) is 1.50. The standard InChI is InChI=1S/C26H20ClFN6O5/c1-12-21(23(35)32-20-9-13(24(36)37)7-8-29-20)22(16-5-4-15(38-2)11-17(16)27)33-25(30-12)34-26-31-18-6-3-14(28)10-19(18)39-26/h3-11,22H,1-2H3,(H,36,37)(H,29,32,35)(H2,30,31,33,34). The van der Waals surface area contributed by atoms with Crippen LogP contribution in [0.4, 0.5) is 16.2 Å². The lowest BCUT2D eigenvalue weighted by molar-refractivity contribution is -0.113. The Hall–Kier alpha value is -4.97. The third-order valence-electron chi connectivity index (χ3n) is 5.81. The quantitative estimate of drug-likeness (QED) is 0.266. The molecule has 39 heavy (non-hydrogen) atoms. The highest BCUT2D eigenvalue weighted by Crippen LogP contribution is 2.37. The van der Waals surface area contributed by atoms with Crippen molar-refractivity contribution in [1.29, 1.82) is 0 Å². The number of allylic oxidation sites excluding steroid dienone is 1. The number of aromatic carboxylic acids is 1. The lowest BCUT2D eigenvalue weighted by Gasteiger charge is -2.27. The second-order valence-electron chi connectivity index (χ2n) is 8.38. The molecule has 11 nitrogen and oxygen atoms in total. The van der Waals surface area contributed by atoms with Crippen molar-refractivity contribution in [2.24, 2.45) is 4.99 Å². The third kappa shape index (κ3) is 5.36. The molecule has 0 fully saturated rings. The number of hydrogen-bond donors (Lipinski definition) is 4. The summed E-state index contributed by atoms with van der Waals surface area (Å²) in [6.07, 6.45) is 1.28. The van der Waals surface area contributed by atoms with Gasteiger partial charge in [-0.3, -0.25) is 10.1 Å². The van der Waals surface area contributed by atoms with E-state index in [2.05, 4.69) is 30.9 Å². The lowest BCUT2D eigenvalue weighted by Crippen LogP contribution is -2.37. The van der Waals surface area contributed by atoms with E-state index in [-0.39, 0.29) is 34.5 Å². The summed E-state index contributed by atoms with van der Waals surface area (Å²) in [6.45, 7) is 1.66. The minimum Gasteiger partial charge on any atom is -0.497 e. The summed E-state index contributed by atoms with van der Waals surface area (Å²) in [6, 6.07) is 10.6. The predicted octanol–water partition coefficient (Wildman–Crippen LogP) is 4.75. The zero-order valence-corrected chi connectivity index (χ0v) is 21.2. The molecule has 0 bridgehead atoms. The number of rotatable bonds is 6. The summed E-state index contributed by atoms with van der Waals surface area (Å²) in [5, 5.41) is 18.1. The molecule has 2 aromatic carbocycles. The van der Waals surface area contributed by atoms with E-state index in [1.165, 1.54) is 43.6 Å². The molecule has 0 spiro atoms. The topological polar surface area (TPSA) is 151 Å². The van der Waals surface area contributed by atoms with Gasteiger partial charge in [-0.05, 0) is 43.3 Å². The van der Waals surface area contributed by atoms with Crippen LogP contribution in [0.25, 0.3) is 11.1 Å². The van der Waals surface area contributed by atoms with E-state index in [1.54, 1.807) is 25.1 Å². The molecule has 0 radical (unpaired) electrons. The fourth-order valence-electron chi connectivity index (χ4n) is 3.98. The van der Waals surface area contributed by atoms with E-state index in [0.717, 1.165) is 0 Å². The number of hydrogen-bond acceptors (Lipinski definition) is 9. The summed E-state index contributed by atoms with van der Waals surface area (Å²) in [4.78, 5) is 37.8. The summed E-state index contributed by atoms with van der Waals surface area (Å²) in [5.74, 6) is -1.45. The van der Waals surface area contributed by atoms with Crippen LogP contribution in [0.2, 0.25) is 5.02 Å². The first kappa shape index (κ1) is 25.7. The average Bonchev–Trinajstić information content (AvgIpc) is 3.29. The number of nitrogens with one attached hydrogen (secondary N) is 3.